The van der Waals surface area contributed by atoms with Crippen LogP contribution in [0.5, 0.6) is 0 Å². The number of hydrogen-bond donors (Lipinski definition) is 2. The summed E-state index contributed by atoms with van der Waals surface area (Å²) in [5.41, 5.74) is 6.16. The van der Waals surface area contributed by atoms with Crippen LogP contribution in [0, 0.1) is 0 Å². The van der Waals surface area contributed by atoms with Crippen molar-refractivity contribution < 1.29 is 21.2 Å². The van der Waals surface area contributed by atoms with E-state index >= 15 is 0 Å². The van der Waals surface area contributed by atoms with Gasteiger partial charge in [0, 0.05) is 0 Å². The second-order valence-electron chi connectivity index (χ2n) is 2.65. The molecule has 0 aliphatic rings. The molecule has 0 aliphatic heterocycles. The number of likely N-dealkylation sites (N-methyl/N-ethyl adjacent to an activating group) is 1. The predicted molar refractivity (Wildman–Crippen MR) is 41.9 cm³/mol. The third-order valence-corrected chi connectivity index (χ3v) is 3.91. The van der Waals surface area contributed by atoms with Crippen LogP contribution in [-0.2, 0) is 0 Å². The molecule has 3 heteroatoms. The summed E-state index contributed by atoms with van der Waals surface area (Å²) < 4.78 is 1.23. The standard InChI is InChI=1S/C7H18IN2/c1-4-7(9,5-8-2)6-10-3/h10H,4-6,9H2,1-3H3/q-1/t7-/m1/s1. The van der Waals surface area contributed by atoms with Gasteiger partial charge in [0.1, 0.15) is 0 Å². The molecule has 0 aliphatic carbocycles. The molecule has 0 saturated carbocycles. The number of nitrogens with two attached hydrogens (primary N) is 1. The van der Waals surface area contributed by atoms with E-state index in [2.05, 4.69) is 17.2 Å². The first-order valence-electron chi connectivity index (χ1n) is 3.56. The van der Waals surface area contributed by atoms with E-state index in [4.69, 9.17) is 5.73 Å². The van der Waals surface area contributed by atoms with Crippen LogP contribution >= 0.6 is 0 Å². The van der Waals surface area contributed by atoms with Crippen LogP contribution in [0.3, 0.4) is 0 Å². The molecule has 10 heavy (non-hydrogen) atoms. The Labute approximate surface area is 74.2 Å². The zero-order valence-electron chi connectivity index (χ0n) is 7.08. The van der Waals surface area contributed by atoms with Gasteiger partial charge in [-0.2, -0.15) is 0 Å². The van der Waals surface area contributed by atoms with Crippen LogP contribution < -0.4 is 32.3 Å². The summed E-state index contributed by atoms with van der Waals surface area (Å²) >= 11 is 0.334. The molecule has 0 radical (unpaired) electrons. The Bertz CT molecular complexity index is 79.7. The summed E-state index contributed by atoms with van der Waals surface area (Å²) in [4.78, 5) is 2.28. The van der Waals surface area contributed by atoms with Gasteiger partial charge >= 0.3 is 74.1 Å². The van der Waals surface area contributed by atoms with Crippen molar-refractivity contribution in [1.82, 2.24) is 5.32 Å². The third kappa shape index (κ3) is 3.73. The SMILES string of the molecule is CC[C@](N)(CNC)C[I-]C. The summed E-state index contributed by atoms with van der Waals surface area (Å²) in [5.74, 6) is 0. The van der Waals surface area contributed by atoms with E-state index in [9.17, 15) is 0 Å². The van der Waals surface area contributed by atoms with E-state index in [0.717, 1.165) is 13.0 Å². The summed E-state index contributed by atoms with van der Waals surface area (Å²) in [5, 5.41) is 3.14. The molecular weight excluding hydrogens is 239 g/mol. The fourth-order valence-corrected chi connectivity index (χ4v) is 3.21. The van der Waals surface area contributed by atoms with E-state index in [1.54, 1.807) is 0 Å². The van der Waals surface area contributed by atoms with Crippen LogP contribution in [0.4, 0.5) is 0 Å². The molecule has 0 bridgehead atoms. The van der Waals surface area contributed by atoms with Gasteiger partial charge in [0.05, 0.1) is 0 Å². The Kier molecular flexibility index (Phi) is 5.67. The molecular formula is C7H18IN2-. The van der Waals surface area contributed by atoms with Gasteiger partial charge < -0.3 is 0 Å². The van der Waals surface area contributed by atoms with Gasteiger partial charge in [-0.3, -0.25) is 0 Å². The van der Waals surface area contributed by atoms with E-state index in [-0.39, 0.29) is 5.54 Å². The first kappa shape index (κ1) is 10.7. The molecule has 0 aromatic carbocycles. The topological polar surface area (TPSA) is 38.0 Å². The zero-order valence-corrected chi connectivity index (χ0v) is 9.23. The Morgan fingerprint density at radius 2 is 2.20 bits per heavy atom. The molecule has 0 aromatic rings. The van der Waals surface area contributed by atoms with Crippen LogP contribution in [0.1, 0.15) is 13.3 Å². The maximum absolute atomic E-state index is 6.08. The molecule has 0 aromatic heterocycles. The quantitative estimate of drug-likeness (QED) is 0.408. The number of halogens is 1. The maximum atomic E-state index is 6.08. The van der Waals surface area contributed by atoms with Gasteiger partial charge in [0.2, 0.25) is 0 Å². The minimum absolute atomic E-state index is 0.0801. The van der Waals surface area contributed by atoms with Crippen molar-refractivity contribution in [3.05, 3.63) is 0 Å². The second kappa shape index (κ2) is 5.32. The Balaban J connectivity index is 3.69. The van der Waals surface area contributed by atoms with Crippen molar-refractivity contribution in [2.75, 3.05) is 23.0 Å². The predicted octanol–water partition coefficient (Wildman–Crippen LogP) is -2.97. The van der Waals surface area contributed by atoms with Crippen LogP contribution in [0.25, 0.3) is 0 Å². The monoisotopic (exact) mass is 257 g/mol. The van der Waals surface area contributed by atoms with Crippen LogP contribution in [0.15, 0.2) is 0 Å². The van der Waals surface area contributed by atoms with Gasteiger partial charge in [0.15, 0.2) is 0 Å². The Hall–Kier alpha value is 0.650. The molecule has 0 amide bonds. The van der Waals surface area contributed by atoms with Gasteiger partial charge in [-0.1, -0.05) is 0 Å². The van der Waals surface area contributed by atoms with E-state index in [1.807, 2.05) is 7.05 Å². The average Bonchev–Trinajstić information content (AvgIpc) is 1.89. The Morgan fingerprint density at radius 1 is 1.60 bits per heavy atom. The fraction of sp³-hybridized carbons (Fsp3) is 1.00. The van der Waals surface area contributed by atoms with Gasteiger partial charge in [-0.05, 0) is 0 Å². The molecule has 0 rings (SSSR count). The fourth-order valence-electron chi connectivity index (χ4n) is 0.885. The van der Waals surface area contributed by atoms with Crippen molar-refractivity contribution in [1.29, 1.82) is 0 Å². The van der Waals surface area contributed by atoms with Gasteiger partial charge in [0.25, 0.3) is 0 Å². The van der Waals surface area contributed by atoms with E-state index < -0.39 is 0 Å². The summed E-state index contributed by atoms with van der Waals surface area (Å²) in [6.07, 6.45) is 1.08. The van der Waals surface area contributed by atoms with Crippen molar-refractivity contribution in [2.24, 2.45) is 5.73 Å². The first-order valence-corrected chi connectivity index (χ1v) is 7.24. The summed E-state index contributed by atoms with van der Waals surface area (Å²) in [6.45, 7) is 3.12. The molecule has 0 spiro atoms. The molecule has 0 fully saturated rings. The van der Waals surface area contributed by atoms with Crippen molar-refractivity contribution >= 4 is 0 Å². The molecule has 0 saturated heterocycles. The van der Waals surface area contributed by atoms with Crippen LogP contribution in [0.2, 0.25) is 0 Å². The third-order valence-electron chi connectivity index (χ3n) is 1.63. The number of hydrogen-bond acceptors (Lipinski definition) is 2. The normalized spacial score (nSPS) is 17.2. The number of nitrogens with one attached hydrogen (secondary N) is 1. The molecule has 3 N–H and O–H groups in total. The molecule has 1 atom stereocenters. The average molecular weight is 257 g/mol. The van der Waals surface area contributed by atoms with E-state index in [1.165, 1.54) is 4.43 Å². The zero-order chi connectivity index (χ0) is 8.04. The second-order valence-corrected chi connectivity index (χ2v) is 4.94. The first-order chi connectivity index (χ1) is 4.68. The molecule has 0 heterocycles. The van der Waals surface area contributed by atoms with Crippen molar-refractivity contribution in [3.63, 3.8) is 0 Å². The minimum atomic E-state index is 0.0801. The number of alkyl halides is 2. The molecule has 2 nitrogen and oxygen atoms in total. The number of rotatable bonds is 5. The van der Waals surface area contributed by atoms with Gasteiger partial charge in [-0.25, -0.2) is 0 Å². The molecule has 64 valence electrons. The van der Waals surface area contributed by atoms with Crippen molar-refractivity contribution in [3.8, 4) is 0 Å². The van der Waals surface area contributed by atoms with Crippen molar-refractivity contribution in [2.45, 2.75) is 18.9 Å². The van der Waals surface area contributed by atoms with Crippen LogP contribution in [-0.4, -0.2) is 28.5 Å². The van der Waals surface area contributed by atoms with Gasteiger partial charge in [-0.15, -0.1) is 0 Å². The summed E-state index contributed by atoms with van der Waals surface area (Å²) in [6, 6.07) is 0. The summed E-state index contributed by atoms with van der Waals surface area (Å²) in [7, 11) is 1.96. The Morgan fingerprint density at radius 3 is 2.50 bits per heavy atom. The molecule has 0 unspecified atom stereocenters. The van der Waals surface area contributed by atoms with E-state index in [0.29, 0.717) is 21.2 Å².